The van der Waals surface area contributed by atoms with Gasteiger partial charge in [0.15, 0.2) is 0 Å². The standard InChI is InChI=1S/C13H15N3S/c14-8-11-12(2-1-5-15-11)16-6-3-13-10(9-16)4-7-17-13/h1-2,4-5,7H,3,6,8-9,14H2. The van der Waals surface area contributed by atoms with Gasteiger partial charge < -0.3 is 10.6 Å². The molecule has 0 radical (unpaired) electrons. The van der Waals surface area contributed by atoms with Crippen molar-refractivity contribution in [3.05, 3.63) is 45.9 Å². The first-order chi connectivity index (χ1) is 8.38. The molecule has 88 valence electrons. The summed E-state index contributed by atoms with van der Waals surface area (Å²) in [6.07, 6.45) is 2.94. The van der Waals surface area contributed by atoms with Crippen LogP contribution in [0, 0.1) is 0 Å². The van der Waals surface area contributed by atoms with Crippen molar-refractivity contribution in [2.45, 2.75) is 19.5 Å². The summed E-state index contributed by atoms with van der Waals surface area (Å²) in [6, 6.07) is 6.33. The third-order valence-corrected chi connectivity index (χ3v) is 4.23. The summed E-state index contributed by atoms with van der Waals surface area (Å²) >= 11 is 1.87. The quantitative estimate of drug-likeness (QED) is 0.881. The lowest BCUT2D eigenvalue weighted by Crippen LogP contribution is -2.30. The van der Waals surface area contributed by atoms with Crippen molar-refractivity contribution in [1.82, 2.24) is 4.98 Å². The molecule has 3 nitrogen and oxygen atoms in total. The fourth-order valence-electron chi connectivity index (χ4n) is 2.33. The molecule has 1 aliphatic heterocycles. The molecule has 3 heterocycles. The number of nitrogens with zero attached hydrogens (tertiary/aromatic N) is 2. The number of rotatable bonds is 2. The molecular weight excluding hydrogens is 230 g/mol. The van der Waals surface area contributed by atoms with Gasteiger partial charge in [-0.25, -0.2) is 0 Å². The van der Waals surface area contributed by atoms with Crippen molar-refractivity contribution >= 4 is 17.0 Å². The fraction of sp³-hybridized carbons (Fsp3) is 0.308. The van der Waals surface area contributed by atoms with E-state index < -0.39 is 0 Å². The van der Waals surface area contributed by atoms with Crippen molar-refractivity contribution in [2.24, 2.45) is 5.73 Å². The number of nitrogens with two attached hydrogens (primary N) is 1. The predicted octanol–water partition coefficient (Wildman–Crippen LogP) is 2.16. The van der Waals surface area contributed by atoms with Gasteiger partial charge in [0.1, 0.15) is 0 Å². The maximum absolute atomic E-state index is 5.74. The molecule has 2 N–H and O–H groups in total. The summed E-state index contributed by atoms with van der Waals surface area (Å²) in [7, 11) is 0. The number of thiophene rings is 1. The third kappa shape index (κ3) is 1.94. The summed E-state index contributed by atoms with van der Waals surface area (Å²) < 4.78 is 0. The monoisotopic (exact) mass is 245 g/mol. The number of pyridine rings is 1. The lowest BCUT2D eigenvalue weighted by atomic mass is 10.1. The molecule has 2 aromatic rings. The number of hydrogen-bond donors (Lipinski definition) is 1. The Morgan fingerprint density at radius 2 is 2.35 bits per heavy atom. The number of anilines is 1. The second-order valence-corrected chi connectivity index (χ2v) is 5.21. The van der Waals surface area contributed by atoms with Gasteiger partial charge in [0, 0.05) is 30.7 Å². The maximum Gasteiger partial charge on any atom is 0.0772 e. The largest absolute Gasteiger partial charge is 0.365 e. The van der Waals surface area contributed by atoms with Crippen LogP contribution in [0.3, 0.4) is 0 Å². The Morgan fingerprint density at radius 3 is 3.24 bits per heavy atom. The highest BCUT2D eigenvalue weighted by molar-refractivity contribution is 7.10. The second kappa shape index (κ2) is 4.47. The number of aromatic nitrogens is 1. The van der Waals surface area contributed by atoms with Gasteiger partial charge in [0.05, 0.1) is 11.4 Å². The fourth-order valence-corrected chi connectivity index (χ4v) is 3.22. The van der Waals surface area contributed by atoms with E-state index in [0.29, 0.717) is 6.54 Å². The smallest absolute Gasteiger partial charge is 0.0772 e. The van der Waals surface area contributed by atoms with E-state index in [4.69, 9.17) is 5.73 Å². The Morgan fingerprint density at radius 1 is 1.41 bits per heavy atom. The first-order valence-corrected chi connectivity index (χ1v) is 6.70. The minimum absolute atomic E-state index is 0.503. The molecule has 4 heteroatoms. The van der Waals surface area contributed by atoms with Gasteiger partial charge >= 0.3 is 0 Å². The van der Waals surface area contributed by atoms with Gasteiger partial charge in [-0.15, -0.1) is 11.3 Å². The minimum atomic E-state index is 0.503. The third-order valence-electron chi connectivity index (χ3n) is 3.21. The highest BCUT2D eigenvalue weighted by Crippen LogP contribution is 2.28. The molecule has 0 aromatic carbocycles. The van der Waals surface area contributed by atoms with Crippen molar-refractivity contribution in [3.8, 4) is 0 Å². The summed E-state index contributed by atoms with van der Waals surface area (Å²) in [6.45, 7) is 2.55. The van der Waals surface area contributed by atoms with Crippen LogP contribution in [-0.2, 0) is 19.5 Å². The molecule has 1 aliphatic rings. The minimum Gasteiger partial charge on any atom is -0.365 e. The first kappa shape index (κ1) is 10.7. The molecule has 0 bridgehead atoms. The van der Waals surface area contributed by atoms with E-state index >= 15 is 0 Å². The summed E-state index contributed by atoms with van der Waals surface area (Å²) in [5, 5.41) is 2.18. The lowest BCUT2D eigenvalue weighted by Gasteiger charge is -2.30. The molecule has 0 saturated carbocycles. The Balaban J connectivity index is 1.91. The van der Waals surface area contributed by atoms with Gasteiger partial charge in [-0.05, 0) is 35.6 Å². The Hall–Kier alpha value is -1.39. The van der Waals surface area contributed by atoms with Gasteiger partial charge in [-0.3, -0.25) is 4.98 Å². The van der Waals surface area contributed by atoms with E-state index in [9.17, 15) is 0 Å². The zero-order valence-corrected chi connectivity index (χ0v) is 10.4. The van der Waals surface area contributed by atoms with Crippen molar-refractivity contribution < 1.29 is 0 Å². The molecule has 17 heavy (non-hydrogen) atoms. The first-order valence-electron chi connectivity index (χ1n) is 5.82. The van der Waals surface area contributed by atoms with Gasteiger partial charge in [-0.2, -0.15) is 0 Å². The summed E-state index contributed by atoms with van der Waals surface area (Å²) in [5.41, 5.74) is 9.38. The number of fused-ring (bicyclic) bond motifs is 1. The summed E-state index contributed by atoms with van der Waals surface area (Å²) in [4.78, 5) is 8.26. The van der Waals surface area contributed by atoms with E-state index in [2.05, 4.69) is 27.4 Å². The van der Waals surface area contributed by atoms with Gasteiger partial charge in [0.25, 0.3) is 0 Å². The molecular formula is C13H15N3S. The predicted molar refractivity (Wildman–Crippen MR) is 71.2 cm³/mol. The average molecular weight is 245 g/mol. The van der Waals surface area contributed by atoms with E-state index in [0.717, 1.165) is 25.2 Å². The van der Waals surface area contributed by atoms with Crippen LogP contribution in [0.1, 0.15) is 16.1 Å². The molecule has 2 aromatic heterocycles. The van der Waals surface area contributed by atoms with Crippen LogP contribution in [0.2, 0.25) is 0 Å². The van der Waals surface area contributed by atoms with Crippen LogP contribution in [0.5, 0.6) is 0 Å². The zero-order chi connectivity index (χ0) is 11.7. The molecule has 0 unspecified atom stereocenters. The molecule has 0 fully saturated rings. The molecule has 3 rings (SSSR count). The SMILES string of the molecule is NCc1ncccc1N1CCc2sccc2C1. The molecule has 0 amide bonds. The topological polar surface area (TPSA) is 42.1 Å². The van der Waals surface area contributed by atoms with E-state index in [1.807, 2.05) is 23.6 Å². The van der Waals surface area contributed by atoms with Crippen LogP contribution in [0.25, 0.3) is 0 Å². The highest BCUT2D eigenvalue weighted by Gasteiger charge is 2.19. The van der Waals surface area contributed by atoms with Crippen LogP contribution >= 0.6 is 11.3 Å². The van der Waals surface area contributed by atoms with Gasteiger partial charge in [0.2, 0.25) is 0 Å². The van der Waals surface area contributed by atoms with Crippen molar-refractivity contribution in [2.75, 3.05) is 11.4 Å². The summed E-state index contributed by atoms with van der Waals surface area (Å²) in [5.74, 6) is 0. The van der Waals surface area contributed by atoms with E-state index in [-0.39, 0.29) is 0 Å². The van der Waals surface area contributed by atoms with Crippen LogP contribution in [0.15, 0.2) is 29.8 Å². The van der Waals surface area contributed by atoms with E-state index in [1.54, 1.807) is 0 Å². The van der Waals surface area contributed by atoms with E-state index in [1.165, 1.54) is 16.1 Å². The molecule has 0 spiro atoms. The number of hydrogen-bond acceptors (Lipinski definition) is 4. The highest BCUT2D eigenvalue weighted by atomic mass is 32.1. The maximum atomic E-state index is 5.74. The Labute approximate surface area is 105 Å². The van der Waals surface area contributed by atoms with Crippen LogP contribution in [0.4, 0.5) is 5.69 Å². The Bertz CT molecular complexity index is 521. The lowest BCUT2D eigenvalue weighted by molar-refractivity contribution is 0.734. The molecule has 0 saturated heterocycles. The normalized spacial score (nSPS) is 14.8. The zero-order valence-electron chi connectivity index (χ0n) is 9.60. The van der Waals surface area contributed by atoms with Crippen LogP contribution in [-0.4, -0.2) is 11.5 Å². The molecule has 0 atom stereocenters. The second-order valence-electron chi connectivity index (χ2n) is 4.21. The average Bonchev–Trinajstić information content (AvgIpc) is 2.85. The van der Waals surface area contributed by atoms with Gasteiger partial charge in [-0.1, -0.05) is 0 Å². The van der Waals surface area contributed by atoms with Crippen molar-refractivity contribution in [3.63, 3.8) is 0 Å². The Kier molecular flexibility index (Phi) is 2.82. The van der Waals surface area contributed by atoms with Crippen molar-refractivity contribution in [1.29, 1.82) is 0 Å². The van der Waals surface area contributed by atoms with Crippen LogP contribution < -0.4 is 10.6 Å². The molecule has 0 aliphatic carbocycles.